The third kappa shape index (κ3) is 4.44. The van der Waals surface area contributed by atoms with Crippen LogP contribution >= 0.6 is 15.9 Å². The average molecular weight is 446 g/mol. The molecule has 10 heteroatoms. The number of halogens is 1. The van der Waals surface area contributed by atoms with Crippen molar-refractivity contribution >= 4 is 38.8 Å². The second kappa shape index (κ2) is 8.77. The van der Waals surface area contributed by atoms with Crippen molar-refractivity contribution in [1.29, 1.82) is 5.26 Å². The topological polar surface area (TPSA) is 112 Å². The normalized spacial score (nSPS) is 17.9. The molecule has 144 valence electrons. The average Bonchev–Trinajstić information content (AvgIpc) is 2.98. The van der Waals surface area contributed by atoms with Gasteiger partial charge in [-0.15, -0.1) is 5.01 Å². The Hall–Kier alpha value is -3.03. The fraction of sp³-hybridized carbons (Fsp3) is 0.278. The van der Waals surface area contributed by atoms with Crippen LogP contribution in [0, 0.1) is 11.3 Å². The van der Waals surface area contributed by atoms with Crippen LogP contribution < -0.4 is 15.1 Å². The van der Waals surface area contributed by atoms with Crippen molar-refractivity contribution in [2.45, 2.75) is 13.3 Å². The number of nitrogens with one attached hydrogen (secondary N) is 2. The van der Waals surface area contributed by atoms with E-state index in [0.29, 0.717) is 52.0 Å². The minimum absolute atomic E-state index is 0.116. The van der Waals surface area contributed by atoms with Crippen molar-refractivity contribution in [2.75, 3.05) is 19.7 Å². The molecule has 0 bridgehead atoms. The Labute approximate surface area is 170 Å². The standard InChI is InChI=1S/C18H17BrN6O3/c1-12-16-17(27)24(11-22-25(16)18(19)23-12)10-15(26)21-6-3-7-28-14-5-2-4-13(8-14)9-20/h2,4-5,8,11H,3,6-7,10H2,1H3,(H,21,26)/p+1. The Bertz CT molecular complexity index is 933. The van der Waals surface area contributed by atoms with E-state index in [9.17, 15) is 9.59 Å². The number of ether oxygens (including phenoxy) is 1. The number of hydrogen-bond donors (Lipinski definition) is 2. The van der Waals surface area contributed by atoms with Gasteiger partial charge in [-0.2, -0.15) is 10.3 Å². The second-order valence-corrected chi connectivity index (χ2v) is 6.83. The van der Waals surface area contributed by atoms with Gasteiger partial charge in [0.15, 0.2) is 6.34 Å². The molecule has 3 rings (SSSR count). The first-order valence-corrected chi connectivity index (χ1v) is 9.36. The number of amidine groups is 1. The molecule has 0 spiro atoms. The summed E-state index contributed by atoms with van der Waals surface area (Å²) in [6.45, 7) is 2.42. The van der Waals surface area contributed by atoms with Gasteiger partial charge in [0.25, 0.3) is 5.70 Å². The zero-order valence-corrected chi connectivity index (χ0v) is 16.7. The van der Waals surface area contributed by atoms with E-state index in [2.05, 4.69) is 37.4 Å². The molecule has 0 aromatic heterocycles. The first-order chi connectivity index (χ1) is 13.5. The van der Waals surface area contributed by atoms with Crippen molar-refractivity contribution in [3.63, 3.8) is 0 Å². The van der Waals surface area contributed by atoms with Crippen molar-refractivity contribution in [3.8, 4) is 11.8 Å². The fourth-order valence-corrected chi connectivity index (χ4v) is 3.26. The Morgan fingerprint density at radius 1 is 1.46 bits per heavy atom. The Morgan fingerprint density at radius 2 is 2.29 bits per heavy atom. The summed E-state index contributed by atoms with van der Waals surface area (Å²) >= 11 is 3.27. The molecule has 0 saturated carbocycles. The molecule has 2 aliphatic rings. The molecule has 9 nitrogen and oxygen atoms in total. The lowest BCUT2D eigenvalue weighted by Crippen LogP contribution is -3.08. The largest absolute Gasteiger partial charge is 0.493 e. The molecule has 0 fully saturated rings. The Kier molecular flexibility index (Phi) is 6.18. The molecule has 1 unspecified atom stereocenters. The van der Waals surface area contributed by atoms with Crippen molar-refractivity contribution in [2.24, 2.45) is 10.1 Å². The maximum absolute atomic E-state index is 12.5. The molecule has 1 aromatic rings. The van der Waals surface area contributed by atoms with Crippen molar-refractivity contribution < 1.29 is 19.3 Å². The van der Waals surface area contributed by atoms with Gasteiger partial charge in [-0.1, -0.05) is 11.2 Å². The van der Waals surface area contributed by atoms with Crippen LogP contribution in [-0.4, -0.2) is 47.5 Å². The number of rotatable bonds is 7. The molecular formula is C18H18BrN6O3+. The maximum atomic E-state index is 12.5. The lowest BCUT2D eigenvalue weighted by molar-refractivity contribution is -0.758. The molecular weight excluding hydrogens is 428 g/mol. The van der Waals surface area contributed by atoms with Gasteiger partial charge < -0.3 is 10.1 Å². The summed E-state index contributed by atoms with van der Waals surface area (Å²) in [4.78, 5) is 30.1. The van der Waals surface area contributed by atoms with Crippen LogP contribution in [0.2, 0.25) is 0 Å². The number of carbonyl (C=O) groups is 2. The molecule has 0 radical (unpaired) electrons. The van der Waals surface area contributed by atoms with Gasteiger partial charge >= 0.3 is 10.7 Å². The number of nitriles is 1. The summed E-state index contributed by atoms with van der Waals surface area (Å²) < 4.78 is 6.07. The summed E-state index contributed by atoms with van der Waals surface area (Å²) in [5.41, 5.74) is 1.52. The number of aliphatic imine (C=N–C) groups is 1. The molecule has 2 aliphatic heterocycles. The number of quaternary nitrogens is 1. The Balaban J connectivity index is 1.41. The van der Waals surface area contributed by atoms with E-state index < -0.39 is 0 Å². The number of nitrogens with zero attached hydrogens (tertiary/aromatic N) is 4. The summed E-state index contributed by atoms with van der Waals surface area (Å²) in [6, 6.07) is 8.93. The van der Waals surface area contributed by atoms with E-state index in [1.165, 1.54) is 11.2 Å². The molecule has 28 heavy (non-hydrogen) atoms. The molecule has 2 N–H and O–H groups in total. The highest BCUT2D eigenvalue weighted by molar-refractivity contribution is 9.18. The van der Waals surface area contributed by atoms with Crippen LogP contribution in [0.5, 0.6) is 5.75 Å². The van der Waals surface area contributed by atoms with Gasteiger partial charge in [0.1, 0.15) is 18.0 Å². The van der Waals surface area contributed by atoms with E-state index in [4.69, 9.17) is 10.00 Å². The fourth-order valence-electron chi connectivity index (χ4n) is 2.70. The number of hydrogen-bond acceptors (Lipinski definition) is 6. The van der Waals surface area contributed by atoms with Crippen LogP contribution in [0.4, 0.5) is 0 Å². The molecule has 0 saturated heterocycles. The zero-order valence-electron chi connectivity index (χ0n) is 15.1. The van der Waals surface area contributed by atoms with E-state index in [-0.39, 0.29) is 18.4 Å². The number of carbonyl (C=O) groups excluding carboxylic acids is 2. The van der Waals surface area contributed by atoms with Gasteiger partial charge in [0.2, 0.25) is 5.91 Å². The second-order valence-electron chi connectivity index (χ2n) is 6.08. The molecule has 1 atom stereocenters. The van der Waals surface area contributed by atoms with Gasteiger partial charge in [-0.25, -0.2) is 0 Å². The van der Waals surface area contributed by atoms with Gasteiger partial charge in [-0.3, -0.25) is 14.5 Å². The van der Waals surface area contributed by atoms with Gasteiger partial charge in [0.05, 0.1) is 18.2 Å². The maximum Gasteiger partial charge on any atom is 0.318 e. The quantitative estimate of drug-likeness (QED) is 0.458. The van der Waals surface area contributed by atoms with Crippen LogP contribution in [-0.2, 0) is 9.59 Å². The lowest BCUT2D eigenvalue weighted by atomic mass is 10.2. The van der Waals surface area contributed by atoms with E-state index in [1.54, 1.807) is 31.2 Å². The van der Waals surface area contributed by atoms with Crippen molar-refractivity contribution in [1.82, 2.24) is 10.2 Å². The number of allylic oxidation sites excluding steroid dienone is 1. The number of fused-ring (bicyclic) bond motifs is 1. The monoisotopic (exact) mass is 445 g/mol. The predicted molar refractivity (Wildman–Crippen MR) is 105 cm³/mol. The zero-order chi connectivity index (χ0) is 20.1. The first kappa shape index (κ1) is 19.7. The third-order valence-corrected chi connectivity index (χ3v) is 4.60. The molecule has 2 amide bonds. The smallest absolute Gasteiger partial charge is 0.318 e. The van der Waals surface area contributed by atoms with E-state index in [0.717, 1.165) is 0 Å². The molecule has 0 aliphatic carbocycles. The van der Waals surface area contributed by atoms with Crippen LogP contribution in [0.25, 0.3) is 0 Å². The third-order valence-electron chi connectivity index (χ3n) is 4.05. The summed E-state index contributed by atoms with van der Waals surface area (Å²) in [7, 11) is 0. The highest BCUT2D eigenvalue weighted by atomic mass is 79.9. The summed E-state index contributed by atoms with van der Waals surface area (Å²) in [6.07, 6.45) is 1.94. The number of amides is 2. The highest BCUT2D eigenvalue weighted by Gasteiger charge is 2.41. The van der Waals surface area contributed by atoms with Crippen molar-refractivity contribution in [3.05, 3.63) is 41.2 Å². The Morgan fingerprint density at radius 3 is 3.07 bits per heavy atom. The summed E-state index contributed by atoms with van der Waals surface area (Å²) in [5, 5.41) is 16.3. The first-order valence-electron chi connectivity index (χ1n) is 8.57. The molecule has 1 aromatic carbocycles. The SMILES string of the molecule is CC1=C2C(=O)N(CC(=O)NCCCOc3cccc(C#N)c3)C=N[NH+]2C(Br)=N1. The van der Waals surface area contributed by atoms with Crippen LogP contribution in [0.1, 0.15) is 18.9 Å². The lowest BCUT2D eigenvalue weighted by Gasteiger charge is -2.22. The number of benzene rings is 1. The predicted octanol–water partition coefficient (Wildman–Crippen LogP) is 0.110. The highest BCUT2D eigenvalue weighted by Crippen LogP contribution is 2.13. The molecule has 2 heterocycles. The van der Waals surface area contributed by atoms with Gasteiger partial charge in [-0.05, 0) is 31.5 Å². The van der Waals surface area contributed by atoms with E-state index in [1.807, 2.05) is 0 Å². The van der Waals surface area contributed by atoms with E-state index >= 15 is 0 Å². The minimum Gasteiger partial charge on any atom is -0.493 e. The summed E-state index contributed by atoms with van der Waals surface area (Å²) in [5.74, 6) is 0.0312. The van der Waals surface area contributed by atoms with Gasteiger partial charge in [0, 0.05) is 22.5 Å². The van der Waals surface area contributed by atoms with Crippen LogP contribution in [0.15, 0.2) is 45.8 Å². The minimum atomic E-state index is -0.295. The van der Waals surface area contributed by atoms with Crippen LogP contribution in [0.3, 0.4) is 0 Å².